The van der Waals surface area contributed by atoms with Gasteiger partial charge in [0.25, 0.3) is 0 Å². The van der Waals surface area contributed by atoms with E-state index in [1.807, 2.05) is 48.0 Å². The third-order valence-corrected chi connectivity index (χ3v) is 6.78. The molecule has 0 atom stereocenters. The average Bonchev–Trinajstić information content (AvgIpc) is 3.36. The highest BCUT2D eigenvalue weighted by Gasteiger charge is 2.15. The molecule has 0 radical (unpaired) electrons. The summed E-state index contributed by atoms with van der Waals surface area (Å²) in [7, 11) is 0. The van der Waals surface area contributed by atoms with Crippen LogP contribution >= 0.6 is 11.8 Å². The van der Waals surface area contributed by atoms with Gasteiger partial charge in [0.1, 0.15) is 5.82 Å². The second-order valence-corrected chi connectivity index (χ2v) is 9.11. The zero-order chi connectivity index (χ0) is 23.9. The molecule has 2 aromatic carbocycles. The Balaban J connectivity index is 1.33. The third kappa shape index (κ3) is 5.75. The van der Waals surface area contributed by atoms with E-state index >= 15 is 0 Å². The maximum Gasteiger partial charge on any atom is 0.230 e. The van der Waals surface area contributed by atoms with E-state index in [4.69, 9.17) is 0 Å². The highest BCUT2D eigenvalue weighted by molar-refractivity contribution is 7.99. The van der Waals surface area contributed by atoms with Gasteiger partial charge in [0.15, 0.2) is 5.16 Å². The van der Waals surface area contributed by atoms with Gasteiger partial charge >= 0.3 is 0 Å². The molecule has 0 aliphatic carbocycles. The summed E-state index contributed by atoms with van der Waals surface area (Å²) < 4.78 is 4.08. The van der Waals surface area contributed by atoms with E-state index in [0.717, 1.165) is 47.4 Å². The SMILES string of the molecule is CCn1c(Cc2ccccc2)nnc1SCC(=O)NCc1c(C)nn(Cc2ccccc2)c1C. The van der Waals surface area contributed by atoms with Crippen molar-refractivity contribution in [3.05, 3.63) is 94.6 Å². The van der Waals surface area contributed by atoms with E-state index in [1.165, 1.54) is 22.9 Å². The first-order valence-electron chi connectivity index (χ1n) is 11.5. The van der Waals surface area contributed by atoms with Crippen LogP contribution in [-0.4, -0.2) is 36.2 Å². The summed E-state index contributed by atoms with van der Waals surface area (Å²) >= 11 is 1.42. The second kappa shape index (κ2) is 11.2. The standard InChI is InChI=1S/C26H30N6OS/c1-4-31-24(15-21-11-7-5-8-12-21)28-29-26(31)34-18-25(33)27-16-23-19(2)30-32(20(23)3)17-22-13-9-6-10-14-22/h5-14H,4,15-18H2,1-3H3,(H,27,33). The van der Waals surface area contributed by atoms with Gasteiger partial charge in [-0.05, 0) is 31.9 Å². The van der Waals surface area contributed by atoms with Crippen LogP contribution in [0, 0.1) is 13.8 Å². The Kier molecular flexibility index (Phi) is 7.80. The number of rotatable bonds is 10. The first-order valence-corrected chi connectivity index (χ1v) is 12.5. The predicted octanol–water partition coefficient (Wildman–Crippen LogP) is 4.16. The number of hydrogen-bond acceptors (Lipinski definition) is 5. The van der Waals surface area contributed by atoms with Gasteiger partial charge in [0, 0.05) is 30.8 Å². The van der Waals surface area contributed by atoms with Crippen molar-refractivity contribution in [1.29, 1.82) is 0 Å². The molecule has 176 valence electrons. The Hall–Kier alpha value is -3.39. The first kappa shape index (κ1) is 23.8. The van der Waals surface area contributed by atoms with Crippen LogP contribution in [0.2, 0.25) is 0 Å². The molecule has 7 nitrogen and oxygen atoms in total. The normalized spacial score (nSPS) is 11.0. The van der Waals surface area contributed by atoms with Crippen LogP contribution in [0.5, 0.6) is 0 Å². The lowest BCUT2D eigenvalue weighted by Gasteiger charge is -2.09. The molecule has 1 N–H and O–H groups in total. The molecule has 0 spiro atoms. The molecule has 0 aliphatic heterocycles. The Morgan fingerprint density at radius 1 is 0.971 bits per heavy atom. The minimum Gasteiger partial charge on any atom is -0.351 e. The molecule has 0 unspecified atom stereocenters. The zero-order valence-corrected chi connectivity index (χ0v) is 20.7. The molecule has 1 amide bonds. The number of nitrogens with zero attached hydrogens (tertiary/aromatic N) is 5. The number of amides is 1. The topological polar surface area (TPSA) is 77.6 Å². The van der Waals surface area contributed by atoms with Crippen molar-refractivity contribution in [3.8, 4) is 0 Å². The van der Waals surface area contributed by atoms with E-state index in [-0.39, 0.29) is 5.91 Å². The minimum atomic E-state index is -0.0325. The van der Waals surface area contributed by atoms with E-state index in [2.05, 4.69) is 63.3 Å². The van der Waals surface area contributed by atoms with E-state index in [0.29, 0.717) is 12.3 Å². The molecule has 2 aromatic heterocycles. The lowest BCUT2D eigenvalue weighted by atomic mass is 10.1. The molecule has 0 fully saturated rings. The van der Waals surface area contributed by atoms with Crippen LogP contribution in [0.25, 0.3) is 0 Å². The van der Waals surface area contributed by atoms with Crippen molar-refractivity contribution in [3.63, 3.8) is 0 Å². The molecule has 0 saturated heterocycles. The van der Waals surface area contributed by atoms with Crippen molar-refractivity contribution >= 4 is 17.7 Å². The number of benzene rings is 2. The molecule has 4 aromatic rings. The van der Waals surface area contributed by atoms with Gasteiger partial charge in [0.2, 0.25) is 5.91 Å². The monoisotopic (exact) mass is 474 g/mol. The fourth-order valence-electron chi connectivity index (χ4n) is 3.92. The summed E-state index contributed by atoms with van der Waals surface area (Å²) in [4.78, 5) is 12.6. The molecule has 34 heavy (non-hydrogen) atoms. The van der Waals surface area contributed by atoms with Gasteiger partial charge < -0.3 is 9.88 Å². The zero-order valence-electron chi connectivity index (χ0n) is 19.9. The maximum atomic E-state index is 12.6. The number of aryl methyl sites for hydroxylation is 1. The van der Waals surface area contributed by atoms with Crippen LogP contribution in [0.3, 0.4) is 0 Å². The molecule has 4 rings (SSSR count). The summed E-state index contributed by atoms with van der Waals surface area (Å²) in [5.74, 6) is 1.17. The van der Waals surface area contributed by atoms with Gasteiger partial charge in [-0.25, -0.2) is 0 Å². The molecular formula is C26H30N6OS. The van der Waals surface area contributed by atoms with Crippen molar-refractivity contribution in [2.24, 2.45) is 0 Å². The maximum absolute atomic E-state index is 12.6. The Morgan fingerprint density at radius 3 is 2.32 bits per heavy atom. The average molecular weight is 475 g/mol. The predicted molar refractivity (Wildman–Crippen MR) is 135 cm³/mol. The quantitative estimate of drug-likeness (QED) is 0.349. The van der Waals surface area contributed by atoms with Gasteiger partial charge in [-0.15, -0.1) is 10.2 Å². The fourth-order valence-corrected chi connectivity index (χ4v) is 4.77. The highest BCUT2D eigenvalue weighted by Crippen LogP contribution is 2.19. The minimum absolute atomic E-state index is 0.0325. The van der Waals surface area contributed by atoms with Gasteiger partial charge in [-0.2, -0.15) is 5.10 Å². The number of carbonyl (C=O) groups is 1. The lowest BCUT2D eigenvalue weighted by molar-refractivity contribution is -0.118. The molecule has 0 bridgehead atoms. The number of carbonyl (C=O) groups excluding carboxylic acids is 1. The summed E-state index contributed by atoms with van der Waals surface area (Å²) in [6.07, 6.45) is 0.722. The van der Waals surface area contributed by atoms with Gasteiger partial charge in [0.05, 0.1) is 18.0 Å². The van der Waals surface area contributed by atoms with Crippen LogP contribution in [0.15, 0.2) is 65.8 Å². The number of nitrogens with one attached hydrogen (secondary N) is 1. The molecule has 8 heteroatoms. The fraction of sp³-hybridized carbons (Fsp3) is 0.308. The Labute approximate surface area is 204 Å². The van der Waals surface area contributed by atoms with Crippen LogP contribution in [0.1, 0.15) is 40.8 Å². The van der Waals surface area contributed by atoms with Crippen molar-refractivity contribution in [1.82, 2.24) is 29.9 Å². The van der Waals surface area contributed by atoms with E-state index < -0.39 is 0 Å². The Bertz CT molecular complexity index is 1230. The summed E-state index contributed by atoms with van der Waals surface area (Å²) in [6.45, 7) is 8.06. The largest absolute Gasteiger partial charge is 0.351 e. The van der Waals surface area contributed by atoms with Crippen LogP contribution in [-0.2, 0) is 30.8 Å². The first-order chi connectivity index (χ1) is 16.5. The summed E-state index contributed by atoms with van der Waals surface area (Å²) in [6, 6.07) is 20.5. The number of hydrogen-bond donors (Lipinski definition) is 1. The number of thioether (sulfide) groups is 1. The number of aromatic nitrogens is 5. The Morgan fingerprint density at radius 2 is 1.65 bits per heavy atom. The molecular weight excluding hydrogens is 444 g/mol. The molecule has 0 saturated carbocycles. The van der Waals surface area contributed by atoms with E-state index in [9.17, 15) is 4.79 Å². The van der Waals surface area contributed by atoms with Crippen molar-refractivity contribution < 1.29 is 4.79 Å². The van der Waals surface area contributed by atoms with Gasteiger partial charge in [-0.1, -0.05) is 72.4 Å². The van der Waals surface area contributed by atoms with Crippen molar-refractivity contribution in [2.45, 2.75) is 52.0 Å². The molecule has 2 heterocycles. The summed E-state index contributed by atoms with van der Waals surface area (Å²) in [5.41, 5.74) is 5.48. The third-order valence-electron chi connectivity index (χ3n) is 5.82. The second-order valence-electron chi connectivity index (χ2n) is 8.16. The van der Waals surface area contributed by atoms with Crippen LogP contribution < -0.4 is 5.32 Å². The summed E-state index contributed by atoms with van der Waals surface area (Å²) in [5, 5.41) is 17.2. The smallest absolute Gasteiger partial charge is 0.230 e. The highest BCUT2D eigenvalue weighted by atomic mass is 32.2. The van der Waals surface area contributed by atoms with E-state index in [1.54, 1.807) is 0 Å². The van der Waals surface area contributed by atoms with Gasteiger partial charge in [-0.3, -0.25) is 9.48 Å². The lowest BCUT2D eigenvalue weighted by Crippen LogP contribution is -2.25. The molecule has 0 aliphatic rings. The van der Waals surface area contributed by atoms with Crippen molar-refractivity contribution in [2.75, 3.05) is 5.75 Å². The van der Waals surface area contributed by atoms with Crippen LogP contribution in [0.4, 0.5) is 0 Å².